The van der Waals surface area contributed by atoms with Crippen molar-refractivity contribution in [3.8, 4) is 0 Å². The quantitative estimate of drug-likeness (QED) is 0.247. The second-order valence-corrected chi connectivity index (χ2v) is 35.9. The summed E-state index contributed by atoms with van der Waals surface area (Å²) in [5.74, 6) is 0. The van der Waals surface area contributed by atoms with Crippen LogP contribution in [0.1, 0.15) is 33.4 Å². The van der Waals surface area contributed by atoms with Gasteiger partial charge in [-0.1, -0.05) is 56.0 Å². The lowest BCUT2D eigenvalue weighted by Crippen LogP contribution is -2.72. The molecule has 192 valence electrons. The maximum atomic E-state index is 7.03. The first-order valence-electron chi connectivity index (χ1n) is 12.7. The molecule has 0 aliphatic rings. The molecular formula is C28H48N2OSi4. The molecule has 35 heavy (non-hydrogen) atoms. The Bertz CT molecular complexity index is 1010. The van der Waals surface area contributed by atoms with Crippen LogP contribution in [-0.2, 0) is 4.43 Å². The van der Waals surface area contributed by atoms with E-state index in [4.69, 9.17) is 13.7 Å². The van der Waals surface area contributed by atoms with Gasteiger partial charge in [0.05, 0.1) is 7.59 Å². The molecule has 3 nitrogen and oxygen atoms in total. The van der Waals surface area contributed by atoms with Crippen molar-refractivity contribution in [2.75, 3.05) is 7.11 Å². The van der Waals surface area contributed by atoms with Crippen LogP contribution in [0.15, 0.2) is 45.7 Å². The molecule has 2 aromatic carbocycles. The maximum absolute atomic E-state index is 7.03. The van der Waals surface area contributed by atoms with E-state index in [0.717, 1.165) is 0 Å². The first kappa shape index (κ1) is 29.8. The fraction of sp³-hybridized carbons (Fsp3) is 0.500. The van der Waals surface area contributed by atoms with Crippen molar-refractivity contribution in [2.24, 2.45) is 9.32 Å². The largest absolute Gasteiger partial charge is 0.411 e. The monoisotopic (exact) mass is 540 g/mol. The molecule has 2 aromatic rings. The summed E-state index contributed by atoms with van der Waals surface area (Å²) in [6.07, 6.45) is 0. The second kappa shape index (κ2) is 10.5. The summed E-state index contributed by atoms with van der Waals surface area (Å²) in [5, 5.41) is 2.46. The zero-order valence-corrected chi connectivity index (χ0v) is 28.8. The van der Waals surface area contributed by atoms with Crippen molar-refractivity contribution >= 4 is 42.6 Å². The van der Waals surface area contributed by atoms with Gasteiger partial charge in [-0.15, -0.1) is 0 Å². The highest BCUT2D eigenvalue weighted by atomic mass is 29.3. The van der Waals surface area contributed by atoms with Crippen LogP contribution in [0.4, 0.5) is 0 Å². The highest BCUT2D eigenvalue weighted by Crippen LogP contribution is 2.35. The predicted molar refractivity (Wildman–Crippen MR) is 168 cm³/mol. The van der Waals surface area contributed by atoms with Crippen molar-refractivity contribution in [3.63, 3.8) is 0 Å². The van der Waals surface area contributed by atoms with Gasteiger partial charge < -0.3 is 13.7 Å². The number of rotatable bonds is 8. The molecule has 0 spiro atoms. The standard InChI is InChI=1S/C28H48N2OSi4/c1-21-17-15-18-22(2)25(21)27(29-32(6,7)8)35(31-5,34(12,13)14)28(30-33(9,10)11)26-23(3)19-16-20-24(26)4/h15-20H,1-14H3/b29-27+,30-28+. The van der Waals surface area contributed by atoms with Crippen LogP contribution in [0.25, 0.3) is 0 Å². The third-order valence-electron chi connectivity index (χ3n) is 6.36. The Kier molecular flexibility index (Phi) is 8.98. The minimum absolute atomic E-state index is 1.23. The molecule has 0 atom stereocenters. The minimum Gasteiger partial charge on any atom is -0.411 e. The molecule has 7 heteroatoms. The molecule has 0 saturated carbocycles. The molecule has 0 aromatic heterocycles. The smallest absolute Gasteiger partial charge is 0.273 e. The van der Waals surface area contributed by atoms with E-state index in [0.29, 0.717) is 0 Å². The Morgan fingerprint density at radius 1 is 0.571 bits per heavy atom. The van der Waals surface area contributed by atoms with Crippen molar-refractivity contribution in [3.05, 3.63) is 69.8 Å². The SMILES string of the molecule is CO[Si](/C(=N/[Si](C)(C)C)c1c(C)cccc1C)(/C(=N/[Si](C)(C)C)c1c(C)cccc1C)[Si](C)(C)C. The minimum atomic E-state index is -2.85. The fourth-order valence-corrected chi connectivity index (χ4v) is 21.8. The van der Waals surface area contributed by atoms with Crippen LogP contribution in [0.3, 0.4) is 0 Å². The van der Waals surface area contributed by atoms with Gasteiger partial charge in [-0.05, 0) is 100 Å². The number of hydrogen-bond acceptors (Lipinski definition) is 3. The van der Waals surface area contributed by atoms with Gasteiger partial charge in [-0.3, -0.25) is 0 Å². The summed E-state index contributed by atoms with van der Waals surface area (Å²) in [4.78, 5) is 0. The molecule has 0 aliphatic heterocycles. The zero-order valence-electron chi connectivity index (χ0n) is 24.8. The van der Waals surface area contributed by atoms with Crippen molar-refractivity contribution in [2.45, 2.75) is 86.6 Å². The van der Waals surface area contributed by atoms with Gasteiger partial charge in [-0.25, -0.2) is 0 Å². The first-order valence-corrected chi connectivity index (χ1v) is 26.0. The predicted octanol–water partition coefficient (Wildman–Crippen LogP) is 7.96. The summed E-state index contributed by atoms with van der Waals surface area (Å²) in [5.41, 5.74) is 7.71. The van der Waals surface area contributed by atoms with Crippen LogP contribution < -0.4 is 0 Å². The third kappa shape index (κ3) is 6.49. The van der Waals surface area contributed by atoms with Crippen molar-refractivity contribution in [1.29, 1.82) is 0 Å². The van der Waals surface area contributed by atoms with Crippen LogP contribution in [0.5, 0.6) is 0 Å². The topological polar surface area (TPSA) is 34.0 Å². The lowest BCUT2D eigenvalue weighted by molar-refractivity contribution is 0.434. The molecule has 0 heterocycles. The number of aryl methyl sites for hydroxylation is 4. The Hall–Kier alpha value is -1.39. The highest BCUT2D eigenvalue weighted by molar-refractivity contribution is 7.62. The molecule has 0 N–H and O–H groups in total. The van der Waals surface area contributed by atoms with E-state index < -0.39 is 31.9 Å². The van der Waals surface area contributed by atoms with E-state index in [9.17, 15) is 0 Å². The van der Waals surface area contributed by atoms with Gasteiger partial charge in [0.15, 0.2) is 16.5 Å². The van der Waals surface area contributed by atoms with Gasteiger partial charge in [0.2, 0.25) is 0 Å². The average molecular weight is 541 g/mol. The van der Waals surface area contributed by atoms with Crippen LogP contribution >= 0.6 is 0 Å². The summed E-state index contributed by atoms with van der Waals surface area (Å²) in [7, 11) is -6.65. The van der Waals surface area contributed by atoms with Gasteiger partial charge in [0.1, 0.15) is 0 Å². The summed E-state index contributed by atoms with van der Waals surface area (Å²) in [6.45, 7) is 30.4. The van der Waals surface area contributed by atoms with E-state index in [1.165, 1.54) is 44.1 Å². The lowest BCUT2D eigenvalue weighted by atomic mass is 10.0. The number of nitrogens with zero attached hydrogens (tertiary/aromatic N) is 2. The molecule has 0 saturated heterocycles. The van der Waals surface area contributed by atoms with Crippen LogP contribution in [0.2, 0.25) is 58.9 Å². The highest BCUT2D eigenvalue weighted by Gasteiger charge is 2.57. The van der Waals surface area contributed by atoms with E-state index in [1.54, 1.807) is 0 Å². The van der Waals surface area contributed by atoms with Crippen molar-refractivity contribution < 1.29 is 4.43 Å². The molecular weight excluding hydrogens is 493 g/mol. The Labute approximate surface area is 219 Å². The van der Waals surface area contributed by atoms with Gasteiger partial charge >= 0.3 is 0 Å². The maximum Gasteiger partial charge on any atom is 0.273 e. The molecule has 0 amide bonds. The molecule has 0 unspecified atom stereocenters. The second-order valence-electron chi connectivity index (χ2n) is 12.9. The van der Waals surface area contributed by atoms with E-state index in [2.05, 4.69) is 123 Å². The summed E-state index contributed by atoms with van der Waals surface area (Å²) < 4.78 is 18.4. The van der Waals surface area contributed by atoms with Gasteiger partial charge in [-0.2, -0.15) is 0 Å². The molecule has 0 aliphatic carbocycles. The van der Waals surface area contributed by atoms with Crippen molar-refractivity contribution in [1.82, 2.24) is 0 Å². The molecule has 0 radical (unpaired) electrons. The Morgan fingerprint density at radius 3 is 1.06 bits per heavy atom. The first-order chi connectivity index (χ1) is 15.9. The fourth-order valence-electron chi connectivity index (χ4n) is 4.99. The van der Waals surface area contributed by atoms with E-state index >= 15 is 0 Å². The Morgan fingerprint density at radius 2 is 0.857 bits per heavy atom. The summed E-state index contributed by atoms with van der Waals surface area (Å²) in [6, 6.07) is 13.2. The average Bonchev–Trinajstić information content (AvgIpc) is 2.65. The van der Waals surface area contributed by atoms with Gasteiger partial charge in [0, 0.05) is 17.8 Å². The molecule has 2 rings (SSSR count). The van der Waals surface area contributed by atoms with E-state index in [1.807, 2.05) is 7.11 Å². The van der Waals surface area contributed by atoms with Crippen LogP contribution in [0, 0.1) is 27.7 Å². The summed E-state index contributed by atoms with van der Waals surface area (Å²) >= 11 is 0. The number of hydrogen-bond donors (Lipinski definition) is 0. The zero-order chi connectivity index (χ0) is 27.0. The molecule has 0 bridgehead atoms. The number of benzene rings is 2. The van der Waals surface area contributed by atoms with E-state index in [-0.39, 0.29) is 0 Å². The lowest BCUT2D eigenvalue weighted by Gasteiger charge is -2.44. The molecule has 0 fully saturated rings. The van der Waals surface area contributed by atoms with Gasteiger partial charge in [0.25, 0.3) is 7.83 Å². The Balaban J connectivity index is 3.27. The normalized spacial score (nSPS) is 14.5. The third-order valence-corrected chi connectivity index (χ3v) is 21.7. The van der Waals surface area contributed by atoms with Crippen LogP contribution in [-0.4, -0.2) is 49.7 Å².